The van der Waals surface area contributed by atoms with Crippen LogP contribution in [0.15, 0.2) is 66.9 Å². The maximum absolute atomic E-state index is 4.85. The van der Waals surface area contributed by atoms with Gasteiger partial charge in [-0.15, -0.1) is 10.2 Å². The van der Waals surface area contributed by atoms with Crippen molar-refractivity contribution in [1.29, 1.82) is 0 Å². The van der Waals surface area contributed by atoms with Gasteiger partial charge in [0.2, 0.25) is 10.8 Å². The minimum atomic E-state index is 0.719. The molecule has 0 fully saturated rings. The molecule has 29 heavy (non-hydrogen) atoms. The van der Waals surface area contributed by atoms with Gasteiger partial charge in [-0.1, -0.05) is 59.9 Å². The van der Waals surface area contributed by atoms with Crippen LogP contribution in [0.5, 0.6) is 0 Å². The fourth-order valence-electron chi connectivity index (χ4n) is 3.87. The third-order valence-corrected chi connectivity index (χ3v) is 6.07. The quantitative estimate of drug-likeness (QED) is 0.440. The fraction of sp³-hybridized carbons (Fsp3) is 0.0909. The molecule has 0 saturated carbocycles. The zero-order valence-corrected chi connectivity index (χ0v) is 16.5. The van der Waals surface area contributed by atoms with Crippen LogP contribution in [0.3, 0.4) is 0 Å². The van der Waals surface area contributed by atoms with Crippen molar-refractivity contribution >= 4 is 32.7 Å². The Balaban J connectivity index is 1.47. The van der Waals surface area contributed by atoms with Gasteiger partial charge < -0.3 is 0 Å². The summed E-state index contributed by atoms with van der Waals surface area (Å²) in [4.78, 5) is 5.43. The number of aromatic nitrogens is 6. The maximum Gasteiger partial charge on any atom is 0.235 e. The van der Waals surface area contributed by atoms with Crippen molar-refractivity contribution in [2.75, 3.05) is 0 Å². The summed E-state index contributed by atoms with van der Waals surface area (Å²) in [6.07, 6.45) is 2.76. The van der Waals surface area contributed by atoms with E-state index in [1.54, 1.807) is 11.3 Å². The van der Waals surface area contributed by atoms with Crippen molar-refractivity contribution < 1.29 is 0 Å². The van der Waals surface area contributed by atoms with Gasteiger partial charge in [0.25, 0.3) is 0 Å². The number of rotatable bonds is 3. The molecule has 6 rings (SSSR count). The van der Waals surface area contributed by atoms with Crippen molar-refractivity contribution in [3.8, 4) is 11.5 Å². The van der Waals surface area contributed by atoms with E-state index in [1.165, 1.54) is 16.3 Å². The average molecular weight is 396 g/mol. The molecule has 6 nitrogen and oxygen atoms in total. The van der Waals surface area contributed by atoms with Gasteiger partial charge >= 0.3 is 0 Å². The monoisotopic (exact) mass is 396 g/mol. The molecule has 2 aromatic carbocycles. The largest absolute Gasteiger partial charge is 0.297 e. The van der Waals surface area contributed by atoms with Crippen molar-refractivity contribution in [2.24, 2.45) is 0 Å². The first-order chi connectivity index (χ1) is 14.3. The van der Waals surface area contributed by atoms with Crippen molar-refractivity contribution in [3.63, 3.8) is 0 Å². The molecule has 0 spiro atoms. The van der Waals surface area contributed by atoms with E-state index in [4.69, 9.17) is 5.10 Å². The van der Waals surface area contributed by atoms with Gasteiger partial charge in [0.05, 0.1) is 5.69 Å². The fourth-order valence-corrected chi connectivity index (χ4v) is 4.72. The Morgan fingerprint density at radius 3 is 2.76 bits per heavy atom. The molecule has 140 valence electrons. The molecule has 0 aliphatic heterocycles. The van der Waals surface area contributed by atoms with E-state index in [-0.39, 0.29) is 0 Å². The molecule has 0 aliphatic carbocycles. The Morgan fingerprint density at radius 2 is 1.79 bits per heavy atom. The summed E-state index contributed by atoms with van der Waals surface area (Å²) in [6, 6.07) is 20.8. The van der Waals surface area contributed by atoms with Crippen LogP contribution in [0.2, 0.25) is 0 Å². The second kappa shape index (κ2) is 6.22. The van der Waals surface area contributed by atoms with Crippen molar-refractivity contribution in [1.82, 2.24) is 29.2 Å². The van der Waals surface area contributed by atoms with E-state index in [0.717, 1.165) is 39.2 Å². The van der Waals surface area contributed by atoms with E-state index in [2.05, 4.69) is 57.6 Å². The highest BCUT2D eigenvalue weighted by atomic mass is 32.1. The van der Waals surface area contributed by atoms with Gasteiger partial charge in [-0.25, -0.2) is 4.98 Å². The maximum atomic E-state index is 4.85. The Bertz CT molecular complexity index is 1500. The predicted octanol–water partition coefficient (Wildman–Crippen LogP) is 4.55. The normalized spacial score (nSPS) is 11.8. The summed E-state index contributed by atoms with van der Waals surface area (Å²) in [5, 5.41) is 17.2. The van der Waals surface area contributed by atoms with Crippen LogP contribution in [0.1, 0.15) is 16.3 Å². The highest BCUT2D eigenvalue weighted by Crippen LogP contribution is 2.27. The second-order valence-electron chi connectivity index (χ2n) is 7.00. The van der Waals surface area contributed by atoms with E-state index >= 15 is 0 Å². The zero-order valence-electron chi connectivity index (χ0n) is 15.6. The Hall–Kier alpha value is -3.58. The SMILES string of the molecule is Cc1nc2ccccn2c1-c1nnc2sc(Cc3cccc4ccccc34)nn12. The number of nitrogens with zero attached hydrogens (tertiary/aromatic N) is 6. The van der Waals surface area contributed by atoms with E-state index in [9.17, 15) is 0 Å². The van der Waals surface area contributed by atoms with Gasteiger partial charge in [0, 0.05) is 12.6 Å². The molecule has 0 bridgehead atoms. The minimum absolute atomic E-state index is 0.719. The molecule has 0 aliphatic rings. The molecule has 6 aromatic rings. The Kier molecular flexibility index (Phi) is 3.51. The lowest BCUT2D eigenvalue weighted by atomic mass is 10.0. The summed E-state index contributed by atoms with van der Waals surface area (Å²) in [7, 11) is 0. The number of hydrogen-bond acceptors (Lipinski definition) is 5. The number of benzene rings is 2. The first kappa shape index (κ1) is 16.4. The third kappa shape index (κ3) is 2.55. The lowest BCUT2D eigenvalue weighted by Crippen LogP contribution is -1.97. The summed E-state index contributed by atoms with van der Waals surface area (Å²) >= 11 is 1.58. The van der Waals surface area contributed by atoms with Crippen molar-refractivity contribution in [3.05, 3.63) is 83.1 Å². The van der Waals surface area contributed by atoms with Crippen LogP contribution in [0.4, 0.5) is 0 Å². The lowest BCUT2D eigenvalue weighted by Gasteiger charge is -2.04. The van der Waals surface area contributed by atoms with E-state index < -0.39 is 0 Å². The summed E-state index contributed by atoms with van der Waals surface area (Å²) in [5.41, 5.74) is 3.99. The standard InChI is InChI=1S/C22H16N6S/c1-14-20(27-12-5-4-11-18(27)23-14)21-24-25-22-28(21)26-19(29-22)13-16-9-6-8-15-7-2-3-10-17(15)16/h2-12H,13H2,1H3. The molecule has 0 unspecified atom stereocenters. The Labute approximate surface area is 170 Å². The first-order valence-electron chi connectivity index (χ1n) is 9.40. The summed E-state index contributed by atoms with van der Waals surface area (Å²) in [5.74, 6) is 0.719. The van der Waals surface area contributed by atoms with Crippen LogP contribution in [0.25, 0.3) is 32.9 Å². The molecule has 4 heterocycles. The Morgan fingerprint density at radius 1 is 0.931 bits per heavy atom. The first-order valence-corrected chi connectivity index (χ1v) is 10.2. The molecule has 0 N–H and O–H groups in total. The number of imidazole rings is 1. The number of hydrogen-bond donors (Lipinski definition) is 0. The van der Waals surface area contributed by atoms with Gasteiger partial charge in [-0.3, -0.25) is 4.40 Å². The number of aryl methyl sites for hydroxylation is 1. The summed E-state index contributed by atoms with van der Waals surface area (Å²) < 4.78 is 3.88. The average Bonchev–Trinajstić information content (AvgIpc) is 3.40. The highest BCUT2D eigenvalue weighted by Gasteiger charge is 2.19. The van der Waals surface area contributed by atoms with Crippen LogP contribution < -0.4 is 0 Å². The van der Waals surface area contributed by atoms with Gasteiger partial charge in [-0.05, 0) is 35.4 Å². The minimum Gasteiger partial charge on any atom is -0.297 e. The number of fused-ring (bicyclic) bond motifs is 3. The van der Waals surface area contributed by atoms with Crippen LogP contribution >= 0.6 is 11.3 Å². The zero-order chi connectivity index (χ0) is 19.4. The van der Waals surface area contributed by atoms with Gasteiger partial charge in [0.1, 0.15) is 16.3 Å². The lowest BCUT2D eigenvalue weighted by molar-refractivity contribution is 0.910. The van der Waals surface area contributed by atoms with E-state index in [0.29, 0.717) is 0 Å². The van der Waals surface area contributed by atoms with Gasteiger partial charge in [-0.2, -0.15) is 9.61 Å². The van der Waals surface area contributed by atoms with E-state index in [1.807, 2.05) is 40.2 Å². The topological polar surface area (TPSA) is 60.4 Å². The number of pyridine rings is 1. The summed E-state index contributed by atoms with van der Waals surface area (Å²) in [6.45, 7) is 1.99. The molecule has 0 saturated heterocycles. The highest BCUT2D eigenvalue weighted by molar-refractivity contribution is 7.16. The van der Waals surface area contributed by atoms with Gasteiger partial charge in [0.15, 0.2) is 0 Å². The predicted molar refractivity (Wildman–Crippen MR) is 114 cm³/mol. The molecular formula is C22H16N6S. The molecule has 4 aromatic heterocycles. The molecule has 7 heteroatoms. The molecule has 0 amide bonds. The van der Waals surface area contributed by atoms with Crippen LogP contribution in [0, 0.1) is 6.92 Å². The molecular weight excluding hydrogens is 380 g/mol. The molecule has 0 atom stereocenters. The van der Waals surface area contributed by atoms with Crippen molar-refractivity contribution in [2.45, 2.75) is 13.3 Å². The third-order valence-electron chi connectivity index (χ3n) is 5.17. The molecule has 0 radical (unpaired) electrons. The van der Waals surface area contributed by atoms with Crippen LogP contribution in [-0.2, 0) is 6.42 Å². The van der Waals surface area contributed by atoms with Crippen LogP contribution in [-0.4, -0.2) is 29.2 Å². The second-order valence-corrected chi connectivity index (χ2v) is 8.04. The smallest absolute Gasteiger partial charge is 0.235 e.